The van der Waals surface area contributed by atoms with E-state index in [0.717, 1.165) is 28.7 Å². The van der Waals surface area contributed by atoms with Crippen molar-refractivity contribution in [1.29, 1.82) is 0 Å². The van der Waals surface area contributed by atoms with E-state index in [9.17, 15) is 0 Å². The fraction of sp³-hybridized carbons (Fsp3) is 0.385. The molecule has 2 aromatic rings. The maximum Gasteiger partial charge on any atom is 0.147 e. The van der Waals surface area contributed by atoms with Crippen LogP contribution in [0, 0.1) is 9.49 Å². The van der Waals surface area contributed by atoms with Gasteiger partial charge in [-0.2, -0.15) is 0 Å². The van der Waals surface area contributed by atoms with Crippen molar-refractivity contribution in [3.8, 4) is 10.6 Å². The molecular formula is C13H16IN3S. The predicted molar refractivity (Wildman–Crippen MR) is 84.6 cm³/mol. The summed E-state index contributed by atoms with van der Waals surface area (Å²) in [5.74, 6) is 0.661. The fourth-order valence-electron chi connectivity index (χ4n) is 1.50. The molecule has 0 aliphatic carbocycles. The normalized spacial score (nSPS) is 11.1. The van der Waals surface area contributed by atoms with Gasteiger partial charge in [0.25, 0.3) is 0 Å². The maximum absolute atomic E-state index is 4.24. The minimum absolute atomic E-state index is 0.661. The molecule has 0 atom stereocenters. The van der Waals surface area contributed by atoms with Gasteiger partial charge in [0.2, 0.25) is 0 Å². The first-order chi connectivity index (χ1) is 8.65. The van der Waals surface area contributed by atoms with Crippen LogP contribution in [-0.2, 0) is 6.54 Å². The molecule has 0 fully saturated rings. The molecule has 1 N–H and O–H groups in total. The Labute approximate surface area is 125 Å². The van der Waals surface area contributed by atoms with Crippen LogP contribution in [0.2, 0.25) is 0 Å². The molecule has 1 aromatic carbocycles. The molecule has 5 heteroatoms. The minimum atomic E-state index is 0.661. The number of nitrogens with one attached hydrogen (secondary N) is 1. The van der Waals surface area contributed by atoms with E-state index in [1.165, 1.54) is 3.57 Å². The van der Waals surface area contributed by atoms with Crippen molar-refractivity contribution in [2.45, 2.75) is 20.4 Å². The molecule has 18 heavy (non-hydrogen) atoms. The quantitative estimate of drug-likeness (QED) is 0.815. The summed E-state index contributed by atoms with van der Waals surface area (Å²) in [5, 5.41) is 13.9. The largest absolute Gasteiger partial charge is 0.310 e. The summed E-state index contributed by atoms with van der Waals surface area (Å²) >= 11 is 3.96. The van der Waals surface area contributed by atoms with Gasteiger partial charge >= 0.3 is 0 Å². The average molecular weight is 373 g/mol. The SMILES string of the molecule is CC(C)CNCc1nnc(-c2ccc(I)cc2)s1. The molecule has 1 heterocycles. The van der Waals surface area contributed by atoms with Crippen LogP contribution in [0.25, 0.3) is 10.6 Å². The summed E-state index contributed by atoms with van der Waals surface area (Å²) in [6.45, 7) is 6.22. The van der Waals surface area contributed by atoms with Crippen LogP contribution in [0.5, 0.6) is 0 Å². The third-order valence-electron chi connectivity index (χ3n) is 2.39. The van der Waals surface area contributed by atoms with Gasteiger partial charge in [-0.25, -0.2) is 0 Å². The van der Waals surface area contributed by atoms with Crippen LogP contribution in [-0.4, -0.2) is 16.7 Å². The van der Waals surface area contributed by atoms with E-state index in [1.807, 2.05) is 0 Å². The Hall–Kier alpha value is -0.530. The van der Waals surface area contributed by atoms with Crippen LogP contribution in [0.4, 0.5) is 0 Å². The summed E-state index contributed by atoms with van der Waals surface area (Å²) in [6.07, 6.45) is 0. The third kappa shape index (κ3) is 4.00. The summed E-state index contributed by atoms with van der Waals surface area (Å²) in [6, 6.07) is 8.36. The van der Waals surface area contributed by atoms with E-state index < -0.39 is 0 Å². The highest BCUT2D eigenvalue weighted by Gasteiger charge is 2.06. The highest BCUT2D eigenvalue weighted by Crippen LogP contribution is 2.24. The summed E-state index contributed by atoms with van der Waals surface area (Å²) < 4.78 is 1.24. The standard InChI is InChI=1S/C13H16IN3S/c1-9(2)7-15-8-12-16-17-13(18-12)10-3-5-11(14)6-4-10/h3-6,9,15H,7-8H2,1-2H3. The maximum atomic E-state index is 4.24. The molecule has 0 aliphatic rings. The monoisotopic (exact) mass is 373 g/mol. The van der Waals surface area contributed by atoms with E-state index >= 15 is 0 Å². The van der Waals surface area contributed by atoms with Gasteiger partial charge in [-0.15, -0.1) is 10.2 Å². The topological polar surface area (TPSA) is 37.8 Å². The highest BCUT2D eigenvalue weighted by atomic mass is 127. The molecule has 0 spiro atoms. The Morgan fingerprint density at radius 2 is 1.94 bits per heavy atom. The minimum Gasteiger partial charge on any atom is -0.310 e. The van der Waals surface area contributed by atoms with E-state index in [2.05, 4.69) is 76.2 Å². The first-order valence-corrected chi connectivity index (χ1v) is 7.83. The Kier molecular flexibility index (Phi) is 5.08. The lowest BCUT2D eigenvalue weighted by atomic mass is 10.2. The summed E-state index contributed by atoms with van der Waals surface area (Å²) in [4.78, 5) is 0. The first kappa shape index (κ1) is 13.9. The summed E-state index contributed by atoms with van der Waals surface area (Å²) in [7, 11) is 0. The molecule has 96 valence electrons. The van der Waals surface area contributed by atoms with Gasteiger partial charge in [0, 0.05) is 15.7 Å². The Bertz CT molecular complexity index is 493. The second-order valence-corrected chi connectivity index (χ2v) is 6.84. The highest BCUT2D eigenvalue weighted by molar-refractivity contribution is 14.1. The molecule has 0 saturated heterocycles. The van der Waals surface area contributed by atoms with E-state index in [0.29, 0.717) is 5.92 Å². The Morgan fingerprint density at radius 1 is 1.22 bits per heavy atom. The lowest BCUT2D eigenvalue weighted by molar-refractivity contribution is 0.550. The number of benzene rings is 1. The van der Waals surface area contributed by atoms with Gasteiger partial charge in [-0.05, 0) is 47.2 Å². The van der Waals surface area contributed by atoms with E-state index in [4.69, 9.17) is 0 Å². The third-order valence-corrected chi connectivity index (χ3v) is 4.08. The van der Waals surface area contributed by atoms with Crippen molar-refractivity contribution in [1.82, 2.24) is 15.5 Å². The van der Waals surface area contributed by atoms with E-state index in [1.54, 1.807) is 11.3 Å². The lowest BCUT2D eigenvalue weighted by Crippen LogP contribution is -2.18. The second-order valence-electron chi connectivity index (χ2n) is 4.53. The van der Waals surface area contributed by atoms with Gasteiger partial charge < -0.3 is 5.32 Å². The van der Waals surface area contributed by atoms with Crippen LogP contribution < -0.4 is 5.32 Å². The zero-order chi connectivity index (χ0) is 13.0. The van der Waals surface area contributed by atoms with Crippen LogP contribution in [0.3, 0.4) is 0 Å². The summed E-state index contributed by atoms with van der Waals surface area (Å²) in [5.41, 5.74) is 1.14. The number of halogens is 1. The number of aromatic nitrogens is 2. The van der Waals surface area contributed by atoms with Crippen molar-refractivity contribution < 1.29 is 0 Å². The molecular weight excluding hydrogens is 357 g/mol. The molecule has 0 radical (unpaired) electrons. The van der Waals surface area contributed by atoms with Crippen LogP contribution in [0.1, 0.15) is 18.9 Å². The Balaban J connectivity index is 1.99. The number of nitrogens with zero attached hydrogens (tertiary/aromatic N) is 2. The van der Waals surface area contributed by atoms with Crippen molar-refractivity contribution in [2.75, 3.05) is 6.54 Å². The van der Waals surface area contributed by atoms with Crippen molar-refractivity contribution >= 4 is 33.9 Å². The van der Waals surface area contributed by atoms with Gasteiger partial charge in [0.1, 0.15) is 10.0 Å². The van der Waals surface area contributed by atoms with Gasteiger partial charge in [-0.1, -0.05) is 37.3 Å². The van der Waals surface area contributed by atoms with Gasteiger partial charge in [0.05, 0.1) is 0 Å². The molecule has 0 amide bonds. The van der Waals surface area contributed by atoms with Crippen LogP contribution >= 0.6 is 33.9 Å². The lowest BCUT2D eigenvalue weighted by Gasteiger charge is -2.03. The number of rotatable bonds is 5. The molecule has 0 aliphatic heterocycles. The first-order valence-electron chi connectivity index (χ1n) is 5.94. The average Bonchev–Trinajstić information content (AvgIpc) is 2.78. The van der Waals surface area contributed by atoms with Crippen molar-refractivity contribution in [2.24, 2.45) is 5.92 Å². The Morgan fingerprint density at radius 3 is 2.61 bits per heavy atom. The van der Waals surface area contributed by atoms with Gasteiger partial charge in [-0.3, -0.25) is 0 Å². The molecule has 1 aromatic heterocycles. The molecule has 0 unspecified atom stereocenters. The number of hydrogen-bond donors (Lipinski definition) is 1. The van der Waals surface area contributed by atoms with Crippen molar-refractivity contribution in [3.05, 3.63) is 32.8 Å². The second kappa shape index (κ2) is 6.58. The zero-order valence-corrected chi connectivity index (χ0v) is 13.5. The predicted octanol–water partition coefficient (Wildman–Crippen LogP) is 3.56. The molecule has 0 bridgehead atoms. The number of hydrogen-bond acceptors (Lipinski definition) is 4. The van der Waals surface area contributed by atoms with Gasteiger partial charge in [0.15, 0.2) is 0 Å². The molecule has 2 rings (SSSR count). The van der Waals surface area contributed by atoms with E-state index in [-0.39, 0.29) is 0 Å². The molecule has 3 nitrogen and oxygen atoms in total. The zero-order valence-electron chi connectivity index (χ0n) is 10.5. The molecule has 0 saturated carbocycles. The fourth-order valence-corrected chi connectivity index (χ4v) is 2.68. The smallest absolute Gasteiger partial charge is 0.147 e. The van der Waals surface area contributed by atoms with Crippen molar-refractivity contribution in [3.63, 3.8) is 0 Å². The van der Waals surface area contributed by atoms with Crippen LogP contribution in [0.15, 0.2) is 24.3 Å².